The van der Waals surface area contributed by atoms with Crippen molar-refractivity contribution >= 4 is 29.0 Å². The number of anilines is 1. The van der Waals surface area contributed by atoms with Gasteiger partial charge in [-0.15, -0.1) is 0 Å². The summed E-state index contributed by atoms with van der Waals surface area (Å²) in [5.74, 6) is -0.389. The Labute approximate surface area is 191 Å². The van der Waals surface area contributed by atoms with E-state index in [1.165, 1.54) is 23.1 Å². The van der Waals surface area contributed by atoms with Crippen LogP contribution in [0.3, 0.4) is 0 Å². The highest BCUT2D eigenvalue weighted by atomic mass is 35.5. The van der Waals surface area contributed by atoms with Crippen molar-refractivity contribution in [2.24, 2.45) is 0 Å². The molecular formula is C21H22Cl2FN5O. The fraction of sp³-hybridized carbons (Fsp3) is 0.333. The van der Waals surface area contributed by atoms with Crippen LogP contribution >= 0.6 is 23.2 Å². The maximum absolute atomic E-state index is 13.9. The summed E-state index contributed by atoms with van der Waals surface area (Å²) < 4.78 is 61.7. The first-order valence-corrected chi connectivity index (χ1v) is 9.87. The molecule has 0 radical (unpaired) electrons. The summed E-state index contributed by atoms with van der Waals surface area (Å²) >= 11 is 12.3. The van der Waals surface area contributed by atoms with Crippen LogP contribution in [0.25, 0.3) is 11.3 Å². The average Bonchev–Trinajstić information content (AvgIpc) is 3.21. The van der Waals surface area contributed by atoms with Crippen molar-refractivity contribution < 1.29 is 16.0 Å². The smallest absolute Gasteiger partial charge is 0.166 e. The third kappa shape index (κ3) is 4.24. The number of piperidine rings is 1. The third-order valence-electron chi connectivity index (χ3n) is 4.64. The van der Waals surface area contributed by atoms with Crippen molar-refractivity contribution in [2.75, 3.05) is 18.7 Å². The molecule has 1 aliphatic heterocycles. The minimum absolute atomic E-state index is 0.0698. The standard InChI is InChI=1S/C21H22Cl2FN5O/c1-12(19-15(22)2-3-16(24)20(19)23)30-18-10-13(11-27-21(18)25)17-6-9-29(28-17)14-4-7-26-8-5-14/h2-3,6,9-12,14,26H,4-5,7-8H2,1H3,(H2,25,27)/t12-/m1/s1/i7+1D2,8+1D2,14D. The van der Waals surface area contributed by atoms with E-state index in [-0.39, 0.29) is 40.0 Å². The topological polar surface area (TPSA) is 78.0 Å². The number of benzene rings is 1. The molecule has 30 heavy (non-hydrogen) atoms. The Morgan fingerprint density at radius 1 is 1.37 bits per heavy atom. The van der Waals surface area contributed by atoms with E-state index in [9.17, 15) is 4.39 Å². The number of pyridine rings is 1. The van der Waals surface area contributed by atoms with Crippen LogP contribution in [0, 0.1) is 5.82 Å². The zero-order valence-corrected chi connectivity index (χ0v) is 17.4. The molecule has 3 aromatic rings. The maximum atomic E-state index is 13.9. The summed E-state index contributed by atoms with van der Waals surface area (Å²) in [5, 5.41) is 6.74. The third-order valence-corrected chi connectivity index (χ3v) is 5.36. The lowest BCUT2D eigenvalue weighted by Gasteiger charge is -2.22. The Hall–Kier alpha value is -2.35. The summed E-state index contributed by atoms with van der Waals surface area (Å²) in [7, 11) is 0. The lowest BCUT2D eigenvalue weighted by molar-refractivity contribution is 0.227. The van der Waals surface area contributed by atoms with Gasteiger partial charge in [-0.3, -0.25) is 4.68 Å². The van der Waals surface area contributed by atoms with Gasteiger partial charge in [0.25, 0.3) is 0 Å². The predicted octanol–water partition coefficient (Wildman–Crippen LogP) is 5.04. The number of nitrogens with zero attached hydrogens (tertiary/aromatic N) is 3. The number of rotatable bonds is 5. The number of nitrogen functional groups attached to an aromatic ring is 1. The average molecular weight is 457 g/mol. The first kappa shape index (κ1) is 15.5. The van der Waals surface area contributed by atoms with E-state index in [0.29, 0.717) is 11.3 Å². The van der Waals surface area contributed by atoms with Gasteiger partial charge in [0.15, 0.2) is 11.6 Å². The van der Waals surface area contributed by atoms with Crippen LogP contribution in [-0.4, -0.2) is 27.8 Å². The molecule has 3 heterocycles. The molecule has 1 fully saturated rings. The van der Waals surface area contributed by atoms with Gasteiger partial charge in [0.2, 0.25) is 0 Å². The van der Waals surface area contributed by atoms with Crippen molar-refractivity contribution in [3.63, 3.8) is 0 Å². The van der Waals surface area contributed by atoms with Gasteiger partial charge in [0.1, 0.15) is 11.9 Å². The monoisotopic (exact) mass is 456 g/mol. The molecule has 158 valence electrons. The molecular weight excluding hydrogens is 430 g/mol. The van der Waals surface area contributed by atoms with Gasteiger partial charge in [-0.1, -0.05) is 23.2 Å². The van der Waals surface area contributed by atoms with E-state index in [4.69, 9.17) is 40.5 Å². The van der Waals surface area contributed by atoms with E-state index in [1.54, 1.807) is 19.1 Å². The summed E-state index contributed by atoms with van der Waals surface area (Å²) in [6.07, 6.45) is 1.58. The van der Waals surface area contributed by atoms with E-state index in [0.717, 1.165) is 6.07 Å². The molecule has 6 nitrogen and oxygen atoms in total. The lowest BCUT2D eigenvalue weighted by Crippen LogP contribution is -2.29. The summed E-state index contributed by atoms with van der Waals surface area (Å²) in [5.41, 5.74) is 7.12. The molecule has 1 aromatic carbocycles. The van der Waals surface area contributed by atoms with Crippen molar-refractivity contribution in [3.05, 3.63) is 58.1 Å². The quantitative estimate of drug-likeness (QED) is 0.415. The highest BCUT2D eigenvalue weighted by Crippen LogP contribution is 2.36. The molecule has 0 amide bonds. The van der Waals surface area contributed by atoms with Crippen LogP contribution in [0.4, 0.5) is 10.2 Å². The number of nitrogens with two attached hydrogens (primary N) is 1. The molecule has 0 saturated carbocycles. The molecule has 3 N–H and O–H groups in total. The van der Waals surface area contributed by atoms with Gasteiger partial charge in [-0.25, -0.2) is 9.37 Å². The largest absolute Gasteiger partial charge is 0.482 e. The minimum atomic E-state index is -2.09. The molecule has 1 saturated heterocycles. The minimum Gasteiger partial charge on any atom is -0.482 e. The Kier molecular flexibility index (Phi) is 4.53. The van der Waals surface area contributed by atoms with E-state index >= 15 is 0 Å². The van der Waals surface area contributed by atoms with Crippen LogP contribution < -0.4 is 15.8 Å². The molecule has 9 heteroatoms. The second-order valence-corrected chi connectivity index (χ2v) is 7.45. The Balaban J connectivity index is 1.63. The van der Waals surface area contributed by atoms with E-state index in [1.807, 2.05) is 0 Å². The first-order valence-electron chi connectivity index (χ1n) is 11.6. The van der Waals surface area contributed by atoms with Crippen LogP contribution in [-0.2, 0) is 0 Å². The maximum Gasteiger partial charge on any atom is 0.166 e. The fourth-order valence-corrected chi connectivity index (χ4v) is 3.77. The van der Waals surface area contributed by atoms with Crippen LogP contribution in [0.5, 0.6) is 5.75 Å². The number of aromatic nitrogens is 3. The molecule has 0 aliphatic carbocycles. The second-order valence-electron chi connectivity index (χ2n) is 6.67. The Morgan fingerprint density at radius 2 is 2.13 bits per heavy atom. The van der Waals surface area contributed by atoms with Gasteiger partial charge in [0.05, 0.1) is 18.1 Å². The zero-order valence-electron chi connectivity index (χ0n) is 20.9. The lowest BCUT2D eigenvalue weighted by atomic mass is 10.1. The number of halogens is 3. The highest BCUT2D eigenvalue weighted by molar-refractivity contribution is 6.36. The predicted molar refractivity (Wildman–Crippen MR) is 116 cm³/mol. The number of nitrogens with one attached hydrogen (secondary N) is 1. The Bertz CT molecular complexity index is 1260. The fourth-order valence-electron chi connectivity index (χ4n) is 3.09. The van der Waals surface area contributed by atoms with Gasteiger partial charge >= 0.3 is 0 Å². The van der Waals surface area contributed by atoms with Gasteiger partial charge < -0.3 is 15.8 Å². The molecule has 1 aliphatic rings. The summed E-state index contributed by atoms with van der Waals surface area (Å²) in [4.78, 5) is 4.14. The molecule has 2 aromatic heterocycles. The second kappa shape index (κ2) is 8.79. The number of hydrogen-bond donors (Lipinski definition) is 2. The van der Waals surface area contributed by atoms with Gasteiger partial charge in [-0.05, 0) is 57.0 Å². The van der Waals surface area contributed by atoms with Crippen molar-refractivity contribution in [1.29, 1.82) is 0 Å². The number of ether oxygens (including phenoxy) is 1. The SMILES string of the molecule is [2H]C1(n2ccc(-c3cnc(N)c(O[C@H](C)c4c(Cl)ccc(F)c4Cl)c3)n2)C[13C]([2H])([2H])N[13C]([2H])([2H])C1. The van der Waals surface area contributed by atoms with Gasteiger partial charge in [-0.2, -0.15) is 5.10 Å². The van der Waals surface area contributed by atoms with Gasteiger partial charge in [0, 0.05) is 34.0 Å². The molecule has 1 atom stereocenters. The van der Waals surface area contributed by atoms with Crippen LogP contribution in [0.2, 0.25) is 10.0 Å². The molecule has 0 spiro atoms. The highest BCUT2D eigenvalue weighted by Gasteiger charge is 2.21. The zero-order chi connectivity index (χ0) is 25.8. The summed E-state index contributed by atoms with van der Waals surface area (Å²) in [6, 6.07) is 4.06. The normalized spacial score (nSPS) is 22.7. The number of hydrogen-bond acceptors (Lipinski definition) is 5. The molecule has 0 unspecified atom stereocenters. The Morgan fingerprint density at radius 3 is 2.90 bits per heavy atom. The van der Waals surface area contributed by atoms with Crippen molar-refractivity contribution in [1.82, 2.24) is 20.1 Å². The van der Waals surface area contributed by atoms with Crippen molar-refractivity contribution in [3.8, 4) is 17.0 Å². The van der Waals surface area contributed by atoms with E-state index in [2.05, 4.69) is 15.4 Å². The van der Waals surface area contributed by atoms with Crippen molar-refractivity contribution in [2.45, 2.75) is 31.9 Å². The van der Waals surface area contributed by atoms with Crippen LogP contribution in [0.15, 0.2) is 36.7 Å². The first-order chi connectivity index (χ1) is 16.2. The molecule has 4 rings (SSSR count). The van der Waals surface area contributed by atoms with Crippen LogP contribution in [0.1, 0.15) is 44.3 Å². The van der Waals surface area contributed by atoms with E-state index < -0.39 is 30.9 Å². The molecule has 0 bridgehead atoms. The summed E-state index contributed by atoms with van der Waals surface area (Å²) in [6.45, 7) is -2.54.